The van der Waals surface area contributed by atoms with E-state index in [9.17, 15) is 4.79 Å². The summed E-state index contributed by atoms with van der Waals surface area (Å²) in [5.41, 5.74) is 4.40. The lowest BCUT2D eigenvalue weighted by Gasteiger charge is -2.13. The van der Waals surface area contributed by atoms with Gasteiger partial charge < -0.3 is 5.32 Å². The van der Waals surface area contributed by atoms with Crippen LogP contribution in [-0.4, -0.2) is 5.91 Å². The lowest BCUT2D eigenvalue weighted by molar-refractivity contribution is 0.102. The lowest BCUT2D eigenvalue weighted by atomic mass is 10.1. The number of benzene rings is 2. The van der Waals surface area contributed by atoms with Crippen molar-refractivity contribution in [2.45, 2.75) is 20.8 Å². The third kappa shape index (κ3) is 3.22. The molecule has 0 radical (unpaired) electrons. The Balaban J connectivity index is 2.30. The summed E-state index contributed by atoms with van der Waals surface area (Å²) in [6.07, 6.45) is 0. The number of hydrogen-bond donors (Lipinski definition) is 1. The molecule has 2 aromatic rings. The summed E-state index contributed by atoms with van der Waals surface area (Å²) in [5.74, 6) is -0.127. The highest BCUT2D eigenvalue weighted by Crippen LogP contribution is 2.26. The molecule has 0 aromatic heterocycles. The molecular formula is C16H15BrClNO. The molecule has 0 atom stereocenters. The van der Waals surface area contributed by atoms with Crippen molar-refractivity contribution in [3.8, 4) is 0 Å². The van der Waals surface area contributed by atoms with Crippen LogP contribution in [0.3, 0.4) is 0 Å². The zero-order valence-corrected chi connectivity index (χ0v) is 13.9. The van der Waals surface area contributed by atoms with Gasteiger partial charge in [0.15, 0.2) is 0 Å². The van der Waals surface area contributed by atoms with Crippen LogP contribution in [0.2, 0.25) is 5.02 Å². The Labute approximate surface area is 132 Å². The van der Waals surface area contributed by atoms with Crippen molar-refractivity contribution in [3.63, 3.8) is 0 Å². The molecule has 104 valence electrons. The maximum Gasteiger partial charge on any atom is 0.255 e. The highest BCUT2D eigenvalue weighted by molar-refractivity contribution is 9.10. The maximum atomic E-state index is 12.3. The molecule has 0 heterocycles. The molecule has 0 aliphatic rings. The van der Waals surface area contributed by atoms with Gasteiger partial charge in [-0.2, -0.15) is 0 Å². The van der Waals surface area contributed by atoms with E-state index in [1.54, 1.807) is 18.2 Å². The molecule has 20 heavy (non-hydrogen) atoms. The molecule has 0 fully saturated rings. The molecule has 2 nitrogen and oxygen atoms in total. The minimum absolute atomic E-state index is 0.127. The highest BCUT2D eigenvalue weighted by atomic mass is 79.9. The molecule has 0 saturated carbocycles. The Hall–Kier alpha value is -1.32. The largest absolute Gasteiger partial charge is 0.322 e. The first-order valence-electron chi connectivity index (χ1n) is 6.22. The fraction of sp³-hybridized carbons (Fsp3) is 0.188. The second kappa shape index (κ2) is 5.98. The fourth-order valence-corrected chi connectivity index (χ4v) is 2.88. The van der Waals surface area contributed by atoms with E-state index in [1.807, 2.05) is 32.9 Å². The molecule has 1 amide bonds. The second-order valence-electron chi connectivity index (χ2n) is 4.83. The summed E-state index contributed by atoms with van der Waals surface area (Å²) in [4.78, 5) is 12.3. The van der Waals surface area contributed by atoms with Crippen LogP contribution in [0, 0.1) is 20.8 Å². The summed E-state index contributed by atoms with van der Waals surface area (Å²) in [6.45, 7) is 5.83. The molecular weight excluding hydrogens is 338 g/mol. The van der Waals surface area contributed by atoms with Crippen LogP contribution in [0.5, 0.6) is 0 Å². The lowest BCUT2D eigenvalue weighted by Crippen LogP contribution is -2.14. The van der Waals surface area contributed by atoms with Crippen LogP contribution in [0.4, 0.5) is 5.69 Å². The Morgan fingerprint density at radius 2 is 1.65 bits per heavy atom. The molecule has 0 aliphatic heterocycles. The number of rotatable bonds is 2. The van der Waals surface area contributed by atoms with Gasteiger partial charge in [-0.1, -0.05) is 27.5 Å². The molecule has 0 unspecified atom stereocenters. The van der Waals surface area contributed by atoms with Gasteiger partial charge in [0.05, 0.1) is 0 Å². The fourth-order valence-electron chi connectivity index (χ4n) is 2.08. The predicted molar refractivity (Wildman–Crippen MR) is 87.8 cm³/mol. The quantitative estimate of drug-likeness (QED) is 0.782. The summed E-state index contributed by atoms with van der Waals surface area (Å²) in [6, 6.07) is 9.23. The number of halogens is 2. The van der Waals surface area contributed by atoms with Crippen LogP contribution in [0.1, 0.15) is 27.0 Å². The first kappa shape index (κ1) is 15.1. The first-order valence-corrected chi connectivity index (χ1v) is 7.40. The van der Waals surface area contributed by atoms with E-state index in [0.29, 0.717) is 10.6 Å². The van der Waals surface area contributed by atoms with Crippen molar-refractivity contribution >= 4 is 39.1 Å². The molecule has 0 bridgehead atoms. The van der Waals surface area contributed by atoms with Crippen LogP contribution in [-0.2, 0) is 0 Å². The van der Waals surface area contributed by atoms with E-state index in [-0.39, 0.29) is 5.91 Å². The first-order chi connectivity index (χ1) is 9.38. The van der Waals surface area contributed by atoms with Crippen LogP contribution >= 0.6 is 27.5 Å². The minimum atomic E-state index is -0.127. The summed E-state index contributed by atoms with van der Waals surface area (Å²) in [5, 5.41) is 3.63. The number of aryl methyl sites for hydroxylation is 3. The van der Waals surface area contributed by atoms with Crippen molar-refractivity contribution in [2.24, 2.45) is 0 Å². The van der Waals surface area contributed by atoms with Crippen molar-refractivity contribution in [3.05, 3.63) is 62.1 Å². The highest BCUT2D eigenvalue weighted by Gasteiger charge is 2.11. The third-order valence-corrected chi connectivity index (χ3v) is 4.04. The van der Waals surface area contributed by atoms with Gasteiger partial charge in [0, 0.05) is 20.7 Å². The van der Waals surface area contributed by atoms with Gasteiger partial charge in [0.1, 0.15) is 0 Å². The van der Waals surface area contributed by atoms with Gasteiger partial charge in [-0.3, -0.25) is 4.79 Å². The zero-order chi connectivity index (χ0) is 14.9. The van der Waals surface area contributed by atoms with Gasteiger partial charge in [0.25, 0.3) is 5.91 Å². The van der Waals surface area contributed by atoms with E-state index < -0.39 is 0 Å². The van der Waals surface area contributed by atoms with E-state index in [4.69, 9.17) is 11.6 Å². The molecule has 1 N–H and O–H groups in total. The topological polar surface area (TPSA) is 29.1 Å². The van der Waals surface area contributed by atoms with E-state index in [2.05, 4.69) is 21.2 Å². The normalized spacial score (nSPS) is 10.4. The Kier molecular flexibility index (Phi) is 4.51. The molecule has 0 spiro atoms. The number of anilines is 1. The Morgan fingerprint density at radius 3 is 2.20 bits per heavy atom. The van der Waals surface area contributed by atoms with Crippen molar-refractivity contribution in [1.29, 1.82) is 0 Å². The third-order valence-electron chi connectivity index (χ3n) is 3.16. The van der Waals surface area contributed by atoms with Gasteiger partial charge in [-0.05, 0) is 67.8 Å². The van der Waals surface area contributed by atoms with Crippen LogP contribution in [0.15, 0.2) is 34.8 Å². The number of nitrogens with one attached hydrogen (secondary N) is 1. The number of hydrogen-bond acceptors (Lipinski definition) is 1. The molecule has 2 aromatic carbocycles. The summed E-state index contributed by atoms with van der Waals surface area (Å²) >= 11 is 9.42. The van der Waals surface area contributed by atoms with Crippen LogP contribution < -0.4 is 5.32 Å². The van der Waals surface area contributed by atoms with Crippen molar-refractivity contribution < 1.29 is 4.79 Å². The van der Waals surface area contributed by atoms with Gasteiger partial charge in [-0.15, -0.1) is 0 Å². The van der Waals surface area contributed by atoms with Gasteiger partial charge >= 0.3 is 0 Å². The standard InChI is InChI=1S/C16H15BrClNO/c1-9-6-12(4-5-14(9)18)16(20)19-15-10(2)7-13(17)8-11(15)3/h4-8H,1-3H3,(H,19,20). The molecule has 4 heteroatoms. The number of amides is 1. The molecule has 2 rings (SSSR count). The Bertz CT molecular complexity index is 659. The molecule has 0 saturated heterocycles. The van der Waals surface area contributed by atoms with E-state index >= 15 is 0 Å². The van der Waals surface area contributed by atoms with Crippen molar-refractivity contribution in [1.82, 2.24) is 0 Å². The average molecular weight is 353 g/mol. The monoisotopic (exact) mass is 351 g/mol. The summed E-state index contributed by atoms with van der Waals surface area (Å²) in [7, 11) is 0. The smallest absolute Gasteiger partial charge is 0.255 e. The predicted octanol–water partition coefficient (Wildman–Crippen LogP) is 5.28. The van der Waals surface area contributed by atoms with E-state index in [0.717, 1.165) is 26.9 Å². The number of carbonyl (C=O) groups excluding carboxylic acids is 1. The average Bonchev–Trinajstić information content (AvgIpc) is 2.36. The number of carbonyl (C=O) groups is 1. The summed E-state index contributed by atoms with van der Waals surface area (Å²) < 4.78 is 1.01. The van der Waals surface area contributed by atoms with E-state index in [1.165, 1.54) is 0 Å². The van der Waals surface area contributed by atoms with Crippen molar-refractivity contribution in [2.75, 3.05) is 5.32 Å². The molecule has 0 aliphatic carbocycles. The SMILES string of the molecule is Cc1cc(C(=O)Nc2c(C)cc(Br)cc2C)ccc1Cl. The van der Waals surface area contributed by atoms with Crippen LogP contribution in [0.25, 0.3) is 0 Å². The van der Waals surface area contributed by atoms with Gasteiger partial charge in [0.2, 0.25) is 0 Å². The maximum absolute atomic E-state index is 12.3. The second-order valence-corrected chi connectivity index (χ2v) is 6.16. The zero-order valence-electron chi connectivity index (χ0n) is 11.6. The Morgan fingerprint density at radius 1 is 1.05 bits per heavy atom. The van der Waals surface area contributed by atoms with Gasteiger partial charge in [-0.25, -0.2) is 0 Å². The minimum Gasteiger partial charge on any atom is -0.322 e.